The van der Waals surface area contributed by atoms with Crippen LogP contribution in [0.15, 0.2) is 11.1 Å². The van der Waals surface area contributed by atoms with E-state index in [2.05, 4.69) is 10.3 Å². The molecule has 0 aromatic carbocycles. The van der Waals surface area contributed by atoms with E-state index in [1.54, 1.807) is 0 Å². The topological polar surface area (TPSA) is 103 Å². The Morgan fingerprint density at radius 1 is 1.46 bits per heavy atom. The molecule has 1 heterocycles. The van der Waals surface area contributed by atoms with Crippen LogP contribution in [0.2, 0.25) is 0 Å². The minimum absolute atomic E-state index is 0.0565. The molecule has 6 nitrogen and oxygen atoms in total. The van der Waals surface area contributed by atoms with Gasteiger partial charge in [0.25, 0.3) is 0 Å². The highest BCUT2D eigenvalue weighted by Crippen LogP contribution is 2.43. The summed E-state index contributed by atoms with van der Waals surface area (Å²) in [6.45, 7) is -0.589. The molecule has 0 bridgehead atoms. The second kappa shape index (κ2) is 7.09. The fraction of sp³-hybridized carbons (Fsp3) is 0.429. The van der Waals surface area contributed by atoms with Crippen LogP contribution in [0.3, 0.4) is 0 Å². The average molecular weight is 359 g/mol. The molecule has 0 aliphatic heterocycles. The summed E-state index contributed by atoms with van der Waals surface area (Å²) in [6.07, 6.45) is -3.22. The van der Waals surface area contributed by atoms with Crippen molar-refractivity contribution in [3.05, 3.63) is 22.9 Å². The van der Waals surface area contributed by atoms with Gasteiger partial charge in [-0.3, -0.25) is 9.59 Å². The SMILES string of the molecule is N#Cc1c(C(F)(F)F)cc(C2CC2)nc1SCC(=O)NCC(=O)O. The molecule has 10 heteroatoms. The number of carbonyl (C=O) groups is 2. The van der Waals surface area contributed by atoms with E-state index in [4.69, 9.17) is 10.4 Å². The Hall–Kier alpha value is -2.28. The normalized spacial score (nSPS) is 14.1. The minimum Gasteiger partial charge on any atom is -0.480 e. The van der Waals surface area contributed by atoms with E-state index in [-0.39, 0.29) is 22.4 Å². The number of pyridine rings is 1. The van der Waals surface area contributed by atoms with Crippen LogP contribution in [0.25, 0.3) is 0 Å². The van der Waals surface area contributed by atoms with Crippen LogP contribution < -0.4 is 5.32 Å². The summed E-state index contributed by atoms with van der Waals surface area (Å²) >= 11 is 0.682. The first-order chi connectivity index (χ1) is 11.2. The monoisotopic (exact) mass is 359 g/mol. The molecule has 0 radical (unpaired) electrons. The van der Waals surface area contributed by atoms with Gasteiger partial charge in [-0.1, -0.05) is 11.8 Å². The lowest BCUT2D eigenvalue weighted by Crippen LogP contribution is -2.30. The van der Waals surface area contributed by atoms with Crippen molar-refractivity contribution in [2.24, 2.45) is 0 Å². The van der Waals surface area contributed by atoms with Gasteiger partial charge in [0.2, 0.25) is 5.91 Å². The number of carboxylic acid groups (broad SMARTS) is 1. The van der Waals surface area contributed by atoms with Gasteiger partial charge in [0, 0.05) is 11.6 Å². The Labute approximate surface area is 139 Å². The number of aliphatic carboxylic acids is 1. The third kappa shape index (κ3) is 4.61. The van der Waals surface area contributed by atoms with E-state index in [1.165, 1.54) is 6.07 Å². The molecule has 2 rings (SSSR count). The molecule has 0 saturated heterocycles. The lowest BCUT2D eigenvalue weighted by atomic mass is 10.1. The molecule has 1 amide bonds. The van der Waals surface area contributed by atoms with Gasteiger partial charge in [0.1, 0.15) is 17.6 Å². The van der Waals surface area contributed by atoms with Gasteiger partial charge >= 0.3 is 12.1 Å². The van der Waals surface area contributed by atoms with E-state index < -0.39 is 35.7 Å². The fourth-order valence-electron chi connectivity index (χ4n) is 1.92. The van der Waals surface area contributed by atoms with Crippen LogP contribution in [-0.4, -0.2) is 34.3 Å². The Bertz CT molecular complexity index is 712. The molecular weight excluding hydrogens is 347 g/mol. The highest BCUT2D eigenvalue weighted by molar-refractivity contribution is 8.00. The number of halogens is 3. The molecule has 1 saturated carbocycles. The van der Waals surface area contributed by atoms with Crippen molar-refractivity contribution in [3.63, 3.8) is 0 Å². The third-order valence-electron chi connectivity index (χ3n) is 3.20. The van der Waals surface area contributed by atoms with Crippen LogP contribution in [-0.2, 0) is 15.8 Å². The number of nitrogens with one attached hydrogen (secondary N) is 1. The molecule has 128 valence electrons. The zero-order chi connectivity index (χ0) is 17.9. The number of nitrogens with zero attached hydrogens (tertiary/aromatic N) is 2. The zero-order valence-electron chi connectivity index (χ0n) is 12.2. The van der Waals surface area contributed by atoms with E-state index >= 15 is 0 Å². The van der Waals surface area contributed by atoms with Crippen molar-refractivity contribution in [1.29, 1.82) is 5.26 Å². The van der Waals surface area contributed by atoms with E-state index in [9.17, 15) is 22.8 Å². The summed E-state index contributed by atoms with van der Waals surface area (Å²) in [5.74, 6) is -2.29. The number of thioether (sulfide) groups is 1. The van der Waals surface area contributed by atoms with Crippen molar-refractivity contribution >= 4 is 23.6 Å². The number of alkyl halides is 3. The first-order valence-electron chi connectivity index (χ1n) is 6.86. The first-order valence-corrected chi connectivity index (χ1v) is 7.84. The molecule has 0 atom stereocenters. The van der Waals surface area contributed by atoms with E-state index in [0.717, 1.165) is 18.9 Å². The summed E-state index contributed by atoms with van der Waals surface area (Å²) in [4.78, 5) is 26.0. The van der Waals surface area contributed by atoms with Crippen molar-refractivity contribution in [3.8, 4) is 6.07 Å². The third-order valence-corrected chi connectivity index (χ3v) is 4.17. The number of carboxylic acids is 1. The van der Waals surface area contributed by atoms with Gasteiger partial charge < -0.3 is 10.4 Å². The predicted molar refractivity (Wildman–Crippen MR) is 77.3 cm³/mol. The molecule has 1 aromatic rings. The maximum Gasteiger partial charge on any atom is 0.417 e. The fourth-order valence-corrected chi connectivity index (χ4v) is 2.76. The van der Waals surface area contributed by atoms with Crippen LogP contribution in [0.5, 0.6) is 0 Å². The average Bonchev–Trinajstić information content (AvgIpc) is 3.33. The molecule has 1 aliphatic rings. The minimum atomic E-state index is -4.70. The highest BCUT2D eigenvalue weighted by Gasteiger charge is 2.38. The predicted octanol–water partition coefficient (Wildman–Crippen LogP) is 2.14. The smallest absolute Gasteiger partial charge is 0.417 e. The number of rotatable bonds is 6. The summed E-state index contributed by atoms with van der Waals surface area (Å²) in [6, 6.07) is 2.40. The molecule has 2 N–H and O–H groups in total. The maximum atomic E-state index is 13.2. The molecule has 0 unspecified atom stereocenters. The molecule has 24 heavy (non-hydrogen) atoms. The summed E-state index contributed by atoms with van der Waals surface area (Å²) in [5, 5.41) is 19.5. The largest absolute Gasteiger partial charge is 0.480 e. The molecule has 0 spiro atoms. The Morgan fingerprint density at radius 3 is 2.62 bits per heavy atom. The lowest BCUT2D eigenvalue weighted by Gasteiger charge is -2.13. The second-order valence-electron chi connectivity index (χ2n) is 5.12. The number of amides is 1. The molecular formula is C14H12F3N3O3S. The number of aromatic nitrogens is 1. The van der Waals surface area contributed by atoms with Crippen LogP contribution >= 0.6 is 11.8 Å². The van der Waals surface area contributed by atoms with Crippen molar-refractivity contribution in [2.45, 2.75) is 30.0 Å². The molecule has 1 aromatic heterocycles. The summed E-state index contributed by atoms with van der Waals surface area (Å²) in [5.41, 5.74) is -1.42. The quantitative estimate of drug-likeness (QED) is 0.755. The van der Waals surface area contributed by atoms with Crippen LogP contribution in [0, 0.1) is 11.3 Å². The Kier molecular flexibility index (Phi) is 5.33. The standard InChI is InChI=1S/C14H12F3N3O3S/c15-14(16,17)9-3-10(7-1-2-7)20-13(8(9)4-18)24-6-11(21)19-5-12(22)23/h3,7H,1-2,5-6H2,(H,19,21)(H,22,23). The number of carbonyl (C=O) groups excluding carboxylic acids is 1. The Morgan fingerprint density at radius 2 is 2.12 bits per heavy atom. The maximum absolute atomic E-state index is 13.2. The van der Waals surface area contributed by atoms with Gasteiger partial charge in [-0.2, -0.15) is 18.4 Å². The van der Waals surface area contributed by atoms with Gasteiger partial charge in [0.05, 0.1) is 16.9 Å². The van der Waals surface area contributed by atoms with Crippen LogP contribution in [0.1, 0.15) is 35.6 Å². The van der Waals surface area contributed by atoms with Crippen molar-refractivity contribution < 1.29 is 27.9 Å². The van der Waals surface area contributed by atoms with E-state index in [0.29, 0.717) is 11.8 Å². The second-order valence-corrected chi connectivity index (χ2v) is 6.08. The van der Waals surface area contributed by atoms with Crippen molar-refractivity contribution in [2.75, 3.05) is 12.3 Å². The van der Waals surface area contributed by atoms with Gasteiger partial charge in [-0.15, -0.1) is 0 Å². The number of nitriles is 1. The zero-order valence-corrected chi connectivity index (χ0v) is 13.0. The van der Waals surface area contributed by atoms with E-state index in [1.807, 2.05) is 0 Å². The van der Waals surface area contributed by atoms with Crippen LogP contribution in [0.4, 0.5) is 13.2 Å². The molecule has 1 aliphatic carbocycles. The summed E-state index contributed by atoms with van der Waals surface area (Å²) < 4.78 is 39.5. The Balaban J connectivity index is 2.24. The van der Waals surface area contributed by atoms with Gasteiger partial charge in [-0.25, -0.2) is 4.98 Å². The number of hydrogen-bond acceptors (Lipinski definition) is 5. The molecule has 1 fully saturated rings. The van der Waals surface area contributed by atoms with Gasteiger partial charge in [-0.05, 0) is 18.9 Å². The van der Waals surface area contributed by atoms with Crippen molar-refractivity contribution in [1.82, 2.24) is 10.3 Å². The number of hydrogen-bond donors (Lipinski definition) is 2. The van der Waals surface area contributed by atoms with Gasteiger partial charge in [0.15, 0.2) is 0 Å². The highest BCUT2D eigenvalue weighted by atomic mass is 32.2. The lowest BCUT2D eigenvalue weighted by molar-refractivity contribution is -0.138. The first kappa shape index (κ1) is 18.1. The summed E-state index contributed by atoms with van der Waals surface area (Å²) in [7, 11) is 0.